The van der Waals surface area contributed by atoms with E-state index in [-0.39, 0.29) is 43.7 Å². The average molecular weight is 623 g/mol. The summed E-state index contributed by atoms with van der Waals surface area (Å²) in [6.07, 6.45) is 31.5. The van der Waals surface area contributed by atoms with Crippen LogP contribution in [0.1, 0.15) is 173 Å². The molecule has 258 valence electrons. The van der Waals surface area contributed by atoms with Crippen LogP contribution in [-0.4, -0.2) is 55.1 Å². The lowest BCUT2D eigenvalue weighted by atomic mass is 9.91. The number of aliphatic hydroxyl groups excluding tert-OH is 1. The zero-order valence-electron chi connectivity index (χ0n) is 28.5. The van der Waals surface area contributed by atoms with Crippen molar-refractivity contribution in [2.75, 3.05) is 20.1 Å². The molecule has 0 heterocycles. The minimum Gasteiger partial charge on any atom is -0.390 e. The fourth-order valence-electron chi connectivity index (χ4n) is 6.39. The van der Waals surface area contributed by atoms with E-state index in [0.29, 0.717) is 12.3 Å². The van der Waals surface area contributed by atoms with Crippen LogP contribution in [-0.2, 0) is 14.4 Å². The topological polar surface area (TPSA) is 134 Å². The van der Waals surface area contributed by atoms with E-state index in [9.17, 15) is 19.5 Å². The third-order valence-electron chi connectivity index (χ3n) is 9.31. The molecular weight excluding hydrogens is 552 g/mol. The van der Waals surface area contributed by atoms with Crippen LogP contribution in [0.5, 0.6) is 0 Å². The number of carbonyl (C=O) groups is 3. The fourth-order valence-corrected chi connectivity index (χ4v) is 6.39. The predicted octanol–water partition coefficient (Wildman–Crippen LogP) is 6.82. The molecule has 0 radical (unpaired) electrons. The second-order valence-corrected chi connectivity index (χ2v) is 13.4. The van der Waals surface area contributed by atoms with Gasteiger partial charge in [0.2, 0.25) is 17.7 Å². The van der Waals surface area contributed by atoms with Crippen LogP contribution in [0.3, 0.4) is 0 Å². The molecule has 0 aromatic heterocycles. The van der Waals surface area contributed by atoms with E-state index >= 15 is 0 Å². The van der Waals surface area contributed by atoms with Crippen LogP contribution in [0.2, 0.25) is 0 Å². The van der Waals surface area contributed by atoms with Crippen molar-refractivity contribution < 1.29 is 19.5 Å². The number of amides is 3. The van der Waals surface area contributed by atoms with Gasteiger partial charge >= 0.3 is 0 Å². The molecule has 1 aliphatic carbocycles. The summed E-state index contributed by atoms with van der Waals surface area (Å²) in [7, 11) is 1.54. The van der Waals surface area contributed by atoms with E-state index in [2.05, 4.69) is 16.0 Å². The lowest BCUT2D eigenvalue weighted by molar-refractivity contribution is -0.130. The molecule has 1 fully saturated rings. The van der Waals surface area contributed by atoms with Gasteiger partial charge in [-0.05, 0) is 25.2 Å². The van der Waals surface area contributed by atoms with Crippen LogP contribution >= 0.6 is 0 Å². The number of rotatable bonds is 10. The predicted molar refractivity (Wildman–Crippen MR) is 182 cm³/mol. The standard InChI is InChI=1S/C36H70N4O4/c1-38-36(44)33(26-27-34(42)39-30-32(41)29-37)40-35(43)28-31-24-22-20-18-16-14-12-10-8-6-4-2-3-5-7-9-11-13-15-17-19-21-23-25-31/h31-33,41H,2-30,37H2,1H3,(H,38,44)(H,39,42)(H,40,43)/t32?,33-/m0/s1. The summed E-state index contributed by atoms with van der Waals surface area (Å²) >= 11 is 0. The molecule has 8 heteroatoms. The lowest BCUT2D eigenvalue weighted by Crippen LogP contribution is -2.46. The first kappa shape index (κ1) is 40.4. The SMILES string of the molecule is CNC(=O)[C@H](CCC(=O)NCC(O)CN)NC(=O)CC1CCCCCCCCCCCCCCCCCCCCCCCC1. The maximum atomic E-state index is 13.1. The largest absolute Gasteiger partial charge is 0.390 e. The molecule has 1 rings (SSSR count). The number of carbonyl (C=O) groups excluding carboxylic acids is 3. The van der Waals surface area contributed by atoms with Gasteiger partial charge in [-0.3, -0.25) is 14.4 Å². The second-order valence-electron chi connectivity index (χ2n) is 13.4. The zero-order valence-corrected chi connectivity index (χ0v) is 28.5. The first-order chi connectivity index (χ1) is 21.5. The van der Waals surface area contributed by atoms with Crippen molar-refractivity contribution in [1.82, 2.24) is 16.0 Å². The van der Waals surface area contributed by atoms with Gasteiger partial charge in [0.15, 0.2) is 0 Å². The van der Waals surface area contributed by atoms with E-state index in [1.165, 1.54) is 128 Å². The average Bonchev–Trinajstić information content (AvgIpc) is 3.02. The van der Waals surface area contributed by atoms with Gasteiger partial charge in [0.1, 0.15) is 6.04 Å². The molecule has 1 saturated carbocycles. The molecule has 2 atom stereocenters. The van der Waals surface area contributed by atoms with Crippen molar-refractivity contribution in [3.05, 3.63) is 0 Å². The van der Waals surface area contributed by atoms with Crippen molar-refractivity contribution >= 4 is 17.7 Å². The Balaban J connectivity index is 2.55. The molecule has 0 aromatic carbocycles. The molecule has 3 amide bonds. The molecule has 0 aromatic rings. The minimum absolute atomic E-state index is 0.0678. The van der Waals surface area contributed by atoms with Gasteiger partial charge in [-0.1, -0.05) is 141 Å². The number of hydrogen-bond donors (Lipinski definition) is 5. The fraction of sp³-hybridized carbons (Fsp3) is 0.917. The second kappa shape index (κ2) is 28.8. The van der Waals surface area contributed by atoms with Crippen LogP contribution < -0.4 is 21.7 Å². The Morgan fingerprint density at radius 3 is 1.41 bits per heavy atom. The molecule has 44 heavy (non-hydrogen) atoms. The normalized spacial score (nSPS) is 20.2. The Morgan fingerprint density at radius 2 is 1.05 bits per heavy atom. The third kappa shape index (κ3) is 23.7. The lowest BCUT2D eigenvalue weighted by Gasteiger charge is -2.21. The number of hydrogen-bond acceptors (Lipinski definition) is 5. The van der Waals surface area contributed by atoms with Crippen molar-refractivity contribution in [2.45, 2.75) is 186 Å². The Kier molecular flexibility index (Phi) is 26.4. The monoisotopic (exact) mass is 623 g/mol. The maximum Gasteiger partial charge on any atom is 0.242 e. The highest BCUT2D eigenvalue weighted by Gasteiger charge is 2.23. The number of likely N-dealkylation sites (N-methyl/N-ethyl adjacent to an activating group) is 1. The zero-order chi connectivity index (χ0) is 32.1. The van der Waals surface area contributed by atoms with Gasteiger partial charge in [0.05, 0.1) is 6.10 Å². The van der Waals surface area contributed by atoms with E-state index in [1.54, 1.807) is 7.05 Å². The Morgan fingerprint density at radius 1 is 0.659 bits per heavy atom. The molecule has 0 aliphatic heterocycles. The van der Waals surface area contributed by atoms with Gasteiger partial charge in [-0.2, -0.15) is 0 Å². The molecule has 0 saturated heterocycles. The van der Waals surface area contributed by atoms with E-state index < -0.39 is 12.1 Å². The smallest absolute Gasteiger partial charge is 0.242 e. The van der Waals surface area contributed by atoms with Gasteiger partial charge in [0, 0.05) is 33.0 Å². The Hall–Kier alpha value is -1.67. The first-order valence-electron chi connectivity index (χ1n) is 18.6. The highest BCUT2D eigenvalue weighted by molar-refractivity contribution is 5.88. The molecule has 8 nitrogen and oxygen atoms in total. The van der Waals surface area contributed by atoms with Gasteiger partial charge < -0.3 is 26.8 Å². The van der Waals surface area contributed by atoms with Crippen LogP contribution in [0.25, 0.3) is 0 Å². The summed E-state index contributed by atoms with van der Waals surface area (Å²) in [4.78, 5) is 37.8. The maximum absolute atomic E-state index is 13.1. The van der Waals surface area contributed by atoms with Crippen molar-refractivity contribution in [2.24, 2.45) is 11.7 Å². The number of nitrogens with two attached hydrogens (primary N) is 1. The number of aliphatic hydroxyl groups is 1. The molecular formula is C36H70N4O4. The summed E-state index contributed by atoms with van der Waals surface area (Å²) < 4.78 is 0. The Labute approximate surface area is 270 Å². The van der Waals surface area contributed by atoms with Crippen molar-refractivity contribution in [3.8, 4) is 0 Å². The van der Waals surface area contributed by atoms with Crippen LogP contribution in [0.15, 0.2) is 0 Å². The molecule has 1 aliphatic rings. The highest BCUT2D eigenvalue weighted by atomic mass is 16.3. The summed E-state index contributed by atoms with van der Waals surface area (Å²) in [6, 6.07) is -0.753. The van der Waals surface area contributed by atoms with E-state index in [0.717, 1.165) is 25.7 Å². The van der Waals surface area contributed by atoms with Gasteiger partial charge in [-0.15, -0.1) is 0 Å². The highest BCUT2D eigenvalue weighted by Crippen LogP contribution is 2.23. The first-order valence-corrected chi connectivity index (χ1v) is 18.6. The molecule has 0 bridgehead atoms. The molecule has 1 unspecified atom stereocenters. The third-order valence-corrected chi connectivity index (χ3v) is 9.31. The Bertz CT molecular complexity index is 694. The number of nitrogens with one attached hydrogen (secondary N) is 3. The van der Waals surface area contributed by atoms with Gasteiger partial charge in [0.25, 0.3) is 0 Å². The quantitative estimate of drug-likeness (QED) is 0.182. The molecule has 0 spiro atoms. The van der Waals surface area contributed by atoms with E-state index in [4.69, 9.17) is 5.73 Å². The van der Waals surface area contributed by atoms with Gasteiger partial charge in [-0.25, -0.2) is 0 Å². The van der Waals surface area contributed by atoms with Crippen molar-refractivity contribution in [1.29, 1.82) is 0 Å². The summed E-state index contributed by atoms with van der Waals surface area (Å²) in [5.41, 5.74) is 5.38. The summed E-state index contributed by atoms with van der Waals surface area (Å²) in [5.74, 6) is -0.344. The van der Waals surface area contributed by atoms with Crippen molar-refractivity contribution in [3.63, 3.8) is 0 Å². The minimum atomic E-state index is -0.793. The van der Waals surface area contributed by atoms with Crippen LogP contribution in [0, 0.1) is 5.92 Å². The summed E-state index contributed by atoms with van der Waals surface area (Å²) in [6.45, 7) is 0.145. The summed E-state index contributed by atoms with van der Waals surface area (Å²) in [5, 5.41) is 17.7. The molecule has 6 N–H and O–H groups in total. The van der Waals surface area contributed by atoms with E-state index in [1.807, 2.05) is 0 Å². The van der Waals surface area contributed by atoms with Crippen LogP contribution in [0.4, 0.5) is 0 Å².